The molecule has 1 aliphatic heterocycles. The number of nitrogen functional groups attached to an aromatic ring is 1. The first-order chi connectivity index (χ1) is 14.1. The standard InChI is InChI=1S/C20H20N6O3/c21-19-18(24-15(12-23-19)13-1-3-14(27)4-2-13)20(28)25-16-11-22-6-5-17(16)26-7-9-29-10-8-26/h1-6,11-12,27H,7-10H2,(H2,21,23)(H,25,28). The Morgan fingerprint density at radius 2 is 1.90 bits per heavy atom. The van der Waals surface area contributed by atoms with Crippen molar-refractivity contribution in [3.05, 3.63) is 54.6 Å². The number of rotatable bonds is 4. The highest BCUT2D eigenvalue weighted by atomic mass is 16.5. The lowest BCUT2D eigenvalue weighted by Crippen LogP contribution is -2.36. The molecule has 1 amide bonds. The molecule has 0 saturated carbocycles. The van der Waals surface area contributed by atoms with Crippen LogP contribution in [0.5, 0.6) is 5.75 Å². The van der Waals surface area contributed by atoms with Gasteiger partial charge in [0.2, 0.25) is 0 Å². The minimum absolute atomic E-state index is 0.0207. The Balaban J connectivity index is 1.61. The molecule has 4 rings (SSSR count). The first-order valence-electron chi connectivity index (χ1n) is 9.12. The number of amides is 1. The van der Waals surface area contributed by atoms with E-state index in [0.29, 0.717) is 30.2 Å². The highest BCUT2D eigenvalue weighted by Gasteiger charge is 2.19. The zero-order valence-corrected chi connectivity index (χ0v) is 15.6. The summed E-state index contributed by atoms with van der Waals surface area (Å²) in [5.74, 6) is -0.303. The van der Waals surface area contributed by atoms with Gasteiger partial charge < -0.3 is 25.8 Å². The minimum atomic E-state index is -0.474. The van der Waals surface area contributed by atoms with E-state index in [2.05, 4.69) is 25.2 Å². The van der Waals surface area contributed by atoms with Gasteiger partial charge in [-0.25, -0.2) is 9.97 Å². The first kappa shape index (κ1) is 18.6. The first-order valence-corrected chi connectivity index (χ1v) is 9.12. The SMILES string of the molecule is Nc1ncc(-c2ccc(O)cc2)nc1C(=O)Nc1cnccc1N1CCOCC1. The second kappa shape index (κ2) is 8.11. The Morgan fingerprint density at radius 1 is 1.14 bits per heavy atom. The van der Waals surface area contributed by atoms with Crippen LogP contribution in [0.4, 0.5) is 17.2 Å². The second-order valence-electron chi connectivity index (χ2n) is 6.48. The van der Waals surface area contributed by atoms with Crippen LogP contribution in [0.3, 0.4) is 0 Å². The normalized spacial score (nSPS) is 13.9. The average Bonchev–Trinajstić information content (AvgIpc) is 2.76. The van der Waals surface area contributed by atoms with Crippen LogP contribution in [0.15, 0.2) is 48.9 Å². The van der Waals surface area contributed by atoms with Crippen LogP contribution in [-0.2, 0) is 4.74 Å². The van der Waals surface area contributed by atoms with E-state index in [1.54, 1.807) is 24.5 Å². The van der Waals surface area contributed by atoms with E-state index in [1.165, 1.54) is 18.3 Å². The third-order valence-corrected chi connectivity index (χ3v) is 4.58. The van der Waals surface area contributed by atoms with Crippen LogP contribution in [-0.4, -0.2) is 52.3 Å². The van der Waals surface area contributed by atoms with Crippen molar-refractivity contribution in [3.8, 4) is 17.0 Å². The summed E-state index contributed by atoms with van der Waals surface area (Å²) in [4.78, 5) is 27.6. The van der Waals surface area contributed by atoms with Crippen LogP contribution >= 0.6 is 0 Å². The van der Waals surface area contributed by atoms with Crippen LogP contribution in [0.25, 0.3) is 11.3 Å². The molecule has 0 radical (unpaired) electrons. The molecule has 4 N–H and O–H groups in total. The van der Waals surface area contributed by atoms with Crippen molar-refractivity contribution in [1.29, 1.82) is 0 Å². The van der Waals surface area contributed by atoms with Gasteiger partial charge in [0, 0.05) is 24.8 Å². The lowest BCUT2D eigenvalue weighted by atomic mass is 10.1. The lowest BCUT2D eigenvalue weighted by Gasteiger charge is -2.30. The fourth-order valence-corrected chi connectivity index (χ4v) is 3.08. The Morgan fingerprint density at radius 3 is 2.66 bits per heavy atom. The average molecular weight is 392 g/mol. The van der Waals surface area contributed by atoms with Gasteiger partial charge >= 0.3 is 0 Å². The molecule has 148 valence electrons. The second-order valence-corrected chi connectivity index (χ2v) is 6.48. The molecule has 2 aromatic heterocycles. The third-order valence-electron chi connectivity index (χ3n) is 4.58. The van der Waals surface area contributed by atoms with E-state index in [-0.39, 0.29) is 17.3 Å². The van der Waals surface area contributed by atoms with E-state index < -0.39 is 5.91 Å². The van der Waals surface area contributed by atoms with Crippen molar-refractivity contribution in [2.45, 2.75) is 0 Å². The Labute approximate surface area is 167 Å². The Bertz CT molecular complexity index is 1020. The number of carbonyl (C=O) groups is 1. The topological polar surface area (TPSA) is 126 Å². The maximum Gasteiger partial charge on any atom is 0.278 e. The molecule has 9 nitrogen and oxygen atoms in total. The maximum absolute atomic E-state index is 12.9. The summed E-state index contributed by atoms with van der Waals surface area (Å²) < 4.78 is 5.39. The number of aromatic hydroxyl groups is 1. The fraction of sp³-hybridized carbons (Fsp3) is 0.200. The minimum Gasteiger partial charge on any atom is -0.508 e. The number of anilines is 3. The third kappa shape index (κ3) is 4.09. The largest absolute Gasteiger partial charge is 0.508 e. The van der Waals surface area contributed by atoms with Crippen molar-refractivity contribution < 1.29 is 14.6 Å². The Hall–Kier alpha value is -3.72. The summed E-state index contributed by atoms with van der Waals surface area (Å²) >= 11 is 0. The molecular weight excluding hydrogens is 372 g/mol. The molecule has 1 saturated heterocycles. The fourth-order valence-electron chi connectivity index (χ4n) is 3.08. The summed E-state index contributed by atoms with van der Waals surface area (Å²) in [5.41, 5.74) is 8.54. The highest BCUT2D eigenvalue weighted by Crippen LogP contribution is 2.27. The summed E-state index contributed by atoms with van der Waals surface area (Å²) in [5, 5.41) is 12.3. The smallest absolute Gasteiger partial charge is 0.278 e. The van der Waals surface area contributed by atoms with Gasteiger partial charge in [-0.3, -0.25) is 9.78 Å². The summed E-state index contributed by atoms with van der Waals surface area (Å²) in [6.07, 6.45) is 4.76. The van der Waals surface area contributed by atoms with Crippen molar-refractivity contribution >= 4 is 23.1 Å². The lowest BCUT2D eigenvalue weighted by molar-refractivity contribution is 0.102. The van der Waals surface area contributed by atoms with Crippen LogP contribution in [0.2, 0.25) is 0 Å². The van der Waals surface area contributed by atoms with Crippen LogP contribution in [0.1, 0.15) is 10.5 Å². The van der Waals surface area contributed by atoms with Gasteiger partial charge in [0.25, 0.3) is 5.91 Å². The number of benzene rings is 1. The quantitative estimate of drug-likeness (QED) is 0.615. The molecule has 1 fully saturated rings. The number of phenolic OH excluding ortho intramolecular Hbond substituents is 1. The van der Waals surface area contributed by atoms with Crippen molar-refractivity contribution in [3.63, 3.8) is 0 Å². The highest BCUT2D eigenvalue weighted by molar-refractivity contribution is 6.07. The summed E-state index contributed by atoms with van der Waals surface area (Å²) in [6, 6.07) is 8.31. The van der Waals surface area contributed by atoms with Gasteiger partial charge in [0.05, 0.1) is 42.7 Å². The van der Waals surface area contributed by atoms with E-state index in [9.17, 15) is 9.90 Å². The predicted octanol–water partition coefficient (Wildman–Crippen LogP) is 1.92. The molecule has 0 bridgehead atoms. The number of morpholine rings is 1. The van der Waals surface area contributed by atoms with Crippen molar-refractivity contribution in [2.75, 3.05) is 42.3 Å². The predicted molar refractivity (Wildman–Crippen MR) is 109 cm³/mol. The molecule has 0 unspecified atom stereocenters. The number of nitrogens with two attached hydrogens (primary N) is 1. The molecule has 9 heteroatoms. The van der Waals surface area contributed by atoms with Crippen molar-refractivity contribution in [1.82, 2.24) is 15.0 Å². The zero-order chi connectivity index (χ0) is 20.2. The van der Waals surface area contributed by atoms with Gasteiger partial charge in [0.15, 0.2) is 11.5 Å². The molecule has 1 aromatic carbocycles. The maximum atomic E-state index is 12.9. The summed E-state index contributed by atoms with van der Waals surface area (Å²) in [7, 11) is 0. The number of ether oxygens (including phenoxy) is 1. The number of pyridine rings is 1. The molecule has 0 atom stereocenters. The van der Waals surface area contributed by atoms with E-state index in [1.807, 2.05) is 6.07 Å². The van der Waals surface area contributed by atoms with Gasteiger partial charge in [-0.15, -0.1) is 0 Å². The molecular formula is C20H20N6O3. The number of hydrogen-bond donors (Lipinski definition) is 3. The number of phenols is 1. The summed E-state index contributed by atoms with van der Waals surface area (Å²) in [6.45, 7) is 2.71. The Kier molecular flexibility index (Phi) is 5.21. The van der Waals surface area contributed by atoms with Gasteiger partial charge in [-0.2, -0.15) is 0 Å². The van der Waals surface area contributed by atoms with Crippen molar-refractivity contribution in [2.24, 2.45) is 0 Å². The molecule has 1 aliphatic rings. The van der Waals surface area contributed by atoms with Crippen LogP contribution < -0.4 is 16.0 Å². The zero-order valence-electron chi connectivity index (χ0n) is 15.6. The number of aromatic nitrogens is 3. The molecule has 3 heterocycles. The molecule has 3 aromatic rings. The van der Waals surface area contributed by atoms with Crippen LogP contribution in [0, 0.1) is 0 Å². The number of nitrogens with zero attached hydrogens (tertiary/aromatic N) is 4. The van der Waals surface area contributed by atoms with Gasteiger partial charge in [-0.1, -0.05) is 0 Å². The number of nitrogens with one attached hydrogen (secondary N) is 1. The molecule has 0 spiro atoms. The number of carbonyl (C=O) groups excluding carboxylic acids is 1. The van der Waals surface area contributed by atoms with E-state index in [0.717, 1.165) is 18.8 Å². The van der Waals surface area contributed by atoms with E-state index >= 15 is 0 Å². The monoisotopic (exact) mass is 392 g/mol. The molecule has 29 heavy (non-hydrogen) atoms. The van der Waals surface area contributed by atoms with Gasteiger partial charge in [0.1, 0.15) is 5.75 Å². The van der Waals surface area contributed by atoms with E-state index in [4.69, 9.17) is 10.5 Å². The molecule has 0 aliphatic carbocycles. The van der Waals surface area contributed by atoms with Gasteiger partial charge in [-0.05, 0) is 30.3 Å². The number of hydrogen-bond acceptors (Lipinski definition) is 8.